The van der Waals surface area contributed by atoms with E-state index in [1.807, 2.05) is 6.92 Å². The van der Waals surface area contributed by atoms with Crippen molar-refractivity contribution in [1.29, 1.82) is 0 Å². The van der Waals surface area contributed by atoms with Crippen molar-refractivity contribution >= 4 is 23.4 Å². The zero-order valence-corrected chi connectivity index (χ0v) is 10.2. The van der Waals surface area contributed by atoms with Crippen LogP contribution in [0.5, 0.6) is 0 Å². The Balaban J connectivity index is 2.12. The Hall–Kier alpha value is -1.50. The molecule has 1 unspecified atom stereocenters. The lowest BCUT2D eigenvalue weighted by molar-refractivity contribution is -0.148. The number of hydrogen-bond acceptors (Lipinski definition) is 5. The fourth-order valence-electron chi connectivity index (χ4n) is 2.08. The molecule has 2 heterocycles. The van der Waals surface area contributed by atoms with Gasteiger partial charge in [0.25, 0.3) is 5.91 Å². The van der Waals surface area contributed by atoms with Crippen LogP contribution in [-0.4, -0.2) is 44.6 Å². The summed E-state index contributed by atoms with van der Waals surface area (Å²) in [6, 6.07) is 0. The van der Waals surface area contributed by atoms with E-state index in [9.17, 15) is 14.7 Å². The van der Waals surface area contributed by atoms with Crippen LogP contribution < -0.4 is 0 Å². The summed E-state index contributed by atoms with van der Waals surface area (Å²) in [5, 5.41) is 14.5. The van der Waals surface area contributed by atoms with Gasteiger partial charge in [0.05, 0.1) is 5.41 Å². The summed E-state index contributed by atoms with van der Waals surface area (Å²) in [7, 11) is 0. The van der Waals surface area contributed by atoms with Crippen LogP contribution in [0.15, 0.2) is 5.38 Å². The summed E-state index contributed by atoms with van der Waals surface area (Å²) in [5.41, 5.74) is -0.494. The molecule has 7 heteroatoms. The number of nitrogens with zero attached hydrogens (tertiary/aromatic N) is 3. The molecule has 92 valence electrons. The van der Waals surface area contributed by atoms with E-state index in [1.165, 1.54) is 0 Å². The fraction of sp³-hybridized carbons (Fsp3) is 0.600. The van der Waals surface area contributed by atoms with E-state index in [0.717, 1.165) is 11.5 Å². The van der Waals surface area contributed by atoms with Gasteiger partial charge < -0.3 is 10.0 Å². The molecule has 1 aliphatic rings. The summed E-state index contributed by atoms with van der Waals surface area (Å²) >= 11 is 1.11. The number of carboxylic acids is 1. The highest BCUT2D eigenvalue weighted by Crippen LogP contribution is 2.34. The van der Waals surface area contributed by atoms with E-state index >= 15 is 0 Å². The van der Waals surface area contributed by atoms with Crippen LogP contribution in [0.25, 0.3) is 0 Å². The standard InChI is InChI=1S/C10H13N3O3S/c1-2-10(9(15)16)3-4-13(6-10)8(14)7-5-17-12-11-7/h5H,2-4,6H2,1H3,(H,15,16). The Morgan fingerprint density at radius 3 is 2.88 bits per heavy atom. The predicted molar refractivity (Wildman–Crippen MR) is 60.8 cm³/mol. The lowest BCUT2D eigenvalue weighted by atomic mass is 9.84. The van der Waals surface area contributed by atoms with Gasteiger partial charge in [0.1, 0.15) is 0 Å². The second-order valence-electron chi connectivity index (χ2n) is 4.21. The first-order valence-corrected chi connectivity index (χ1v) is 6.22. The van der Waals surface area contributed by atoms with Crippen molar-refractivity contribution in [2.24, 2.45) is 5.41 Å². The number of hydrogen-bond donors (Lipinski definition) is 1. The molecule has 1 aromatic heterocycles. The zero-order valence-electron chi connectivity index (χ0n) is 9.42. The molecule has 0 spiro atoms. The van der Waals surface area contributed by atoms with E-state index in [4.69, 9.17) is 0 Å². The number of carbonyl (C=O) groups is 2. The quantitative estimate of drug-likeness (QED) is 0.866. The number of amides is 1. The molecule has 1 atom stereocenters. The van der Waals surface area contributed by atoms with Crippen molar-refractivity contribution < 1.29 is 14.7 Å². The third kappa shape index (κ3) is 2.02. The molecule has 0 radical (unpaired) electrons. The van der Waals surface area contributed by atoms with Gasteiger partial charge in [-0.15, -0.1) is 5.10 Å². The normalized spacial score (nSPS) is 23.9. The molecule has 17 heavy (non-hydrogen) atoms. The van der Waals surface area contributed by atoms with Crippen molar-refractivity contribution in [3.8, 4) is 0 Å². The van der Waals surface area contributed by atoms with Crippen molar-refractivity contribution in [1.82, 2.24) is 14.5 Å². The van der Waals surface area contributed by atoms with Crippen LogP contribution in [-0.2, 0) is 4.79 Å². The van der Waals surface area contributed by atoms with Crippen LogP contribution in [0, 0.1) is 5.41 Å². The molecule has 1 N–H and O–H groups in total. The lowest BCUT2D eigenvalue weighted by Crippen LogP contribution is -2.36. The smallest absolute Gasteiger partial charge is 0.311 e. The van der Waals surface area contributed by atoms with Crippen molar-refractivity contribution in [2.45, 2.75) is 19.8 Å². The fourth-order valence-corrected chi connectivity index (χ4v) is 2.51. The molecule has 6 nitrogen and oxygen atoms in total. The SMILES string of the molecule is CCC1(C(=O)O)CCN(C(=O)c2csnn2)C1. The molecule has 1 aliphatic heterocycles. The third-order valence-electron chi connectivity index (χ3n) is 3.35. The molecular weight excluding hydrogens is 242 g/mol. The van der Waals surface area contributed by atoms with Gasteiger partial charge in [-0.3, -0.25) is 9.59 Å². The maximum absolute atomic E-state index is 12.0. The van der Waals surface area contributed by atoms with Gasteiger partial charge in [0.2, 0.25) is 0 Å². The van der Waals surface area contributed by atoms with Gasteiger partial charge in [-0.2, -0.15) is 0 Å². The highest BCUT2D eigenvalue weighted by molar-refractivity contribution is 7.03. The molecule has 1 fully saturated rings. The van der Waals surface area contributed by atoms with Gasteiger partial charge in [-0.25, -0.2) is 0 Å². The first kappa shape index (κ1) is 12.0. The maximum atomic E-state index is 12.0. The number of likely N-dealkylation sites (tertiary alicyclic amines) is 1. The number of carboxylic acid groups (broad SMARTS) is 1. The minimum absolute atomic E-state index is 0.227. The van der Waals surface area contributed by atoms with Gasteiger partial charge in [-0.05, 0) is 24.4 Å². The summed E-state index contributed by atoms with van der Waals surface area (Å²) in [4.78, 5) is 24.8. The minimum Gasteiger partial charge on any atom is -0.481 e. The molecule has 0 bridgehead atoms. The third-order valence-corrected chi connectivity index (χ3v) is 3.86. The Morgan fingerprint density at radius 2 is 2.41 bits per heavy atom. The van der Waals surface area contributed by atoms with Crippen molar-refractivity contribution in [3.63, 3.8) is 0 Å². The maximum Gasteiger partial charge on any atom is 0.311 e. The molecular formula is C10H13N3O3S. The highest BCUT2D eigenvalue weighted by atomic mass is 32.1. The highest BCUT2D eigenvalue weighted by Gasteiger charge is 2.45. The Kier molecular flexibility index (Phi) is 3.10. The lowest BCUT2D eigenvalue weighted by Gasteiger charge is -2.22. The monoisotopic (exact) mass is 255 g/mol. The molecule has 0 aromatic carbocycles. The average Bonchev–Trinajstić information content (AvgIpc) is 2.98. The summed E-state index contributed by atoms with van der Waals surface area (Å²) in [6.45, 7) is 2.57. The molecule has 0 aliphatic carbocycles. The Labute approximate surface area is 102 Å². The zero-order chi connectivity index (χ0) is 12.5. The Morgan fingerprint density at radius 1 is 1.65 bits per heavy atom. The van der Waals surface area contributed by atoms with E-state index in [2.05, 4.69) is 9.59 Å². The summed E-state index contributed by atoms with van der Waals surface area (Å²) in [6.07, 6.45) is 1.03. The molecule has 2 rings (SSSR count). The largest absolute Gasteiger partial charge is 0.481 e. The number of aliphatic carboxylic acids is 1. The topological polar surface area (TPSA) is 83.4 Å². The van der Waals surface area contributed by atoms with Gasteiger partial charge in [-0.1, -0.05) is 11.4 Å². The summed E-state index contributed by atoms with van der Waals surface area (Å²) in [5.74, 6) is -1.05. The van der Waals surface area contributed by atoms with Crippen LogP contribution >= 0.6 is 11.5 Å². The second kappa shape index (κ2) is 4.40. The van der Waals surface area contributed by atoms with Crippen LogP contribution in [0.3, 0.4) is 0 Å². The van der Waals surface area contributed by atoms with Gasteiger partial charge >= 0.3 is 5.97 Å². The molecule has 1 amide bonds. The molecule has 0 saturated carbocycles. The van der Waals surface area contributed by atoms with E-state index in [0.29, 0.717) is 25.1 Å². The van der Waals surface area contributed by atoms with Crippen molar-refractivity contribution in [2.75, 3.05) is 13.1 Å². The molecule has 1 aromatic rings. The minimum atomic E-state index is -0.827. The van der Waals surface area contributed by atoms with Crippen molar-refractivity contribution in [3.05, 3.63) is 11.1 Å². The van der Waals surface area contributed by atoms with Crippen LogP contribution in [0.1, 0.15) is 30.3 Å². The first-order valence-electron chi connectivity index (χ1n) is 5.39. The van der Waals surface area contributed by atoms with E-state index < -0.39 is 11.4 Å². The average molecular weight is 255 g/mol. The Bertz CT molecular complexity index is 434. The second-order valence-corrected chi connectivity index (χ2v) is 4.82. The summed E-state index contributed by atoms with van der Waals surface area (Å²) < 4.78 is 3.63. The number of rotatable bonds is 3. The predicted octanol–water partition coefficient (Wildman–Crippen LogP) is 0.865. The number of carbonyl (C=O) groups excluding carboxylic acids is 1. The first-order chi connectivity index (χ1) is 8.09. The van der Waals surface area contributed by atoms with Gasteiger partial charge in [0.15, 0.2) is 5.69 Å². The van der Waals surface area contributed by atoms with E-state index in [1.54, 1.807) is 10.3 Å². The molecule has 1 saturated heterocycles. The number of aromatic nitrogens is 2. The van der Waals surface area contributed by atoms with E-state index in [-0.39, 0.29) is 12.5 Å². The van der Waals surface area contributed by atoms with Crippen LogP contribution in [0.2, 0.25) is 0 Å². The van der Waals surface area contributed by atoms with Crippen LogP contribution in [0.4, 0.5) is 0 Å². The van der Waals surface area contributed by atoms with Gasteiger partial charge in [0, 0.05) is 18.5 Å².